The average Bonchev–Trinajstić information content (AvgIpc) is 2.74. The molecule has 0 radical (unpaired) electrons. The van der Waals surface area contributed by atoms with Crippen LogP contribution in [0.5, 0.6) is 11.5 Å². The van der Waals surface area contributed by atoms with Gasteiger partial charge in [0.15, 0.2) is 11.5 Å². The molecule has 0 aliphatic rings. The molecule has 1 aromatic carbocycles. The number of benzene rings is 1. The van der Waals surface area contributed by atoms with Gasteiger partial charge in [-0.2, -0.15) is 0 Å². The van der Waals surface area contributed by atoms with Crippen molar-refractivity contribution in [3.05, 3.63) is 83.9 Å². The summed E-state index contributed by atoms with van der Waals surface area (Å²) in [6, 6.07) is 14.7. The SMILES string of the molecule is CCOc1cc(C(=O)NCCc2ccccn2)ccc1OCc1cccnc1. The average molecular weight is 377 g/mol. The van der Waals surface area contributed by atoms with Gasteiger partial charge in [0.25, 0.3) is 5.91 Å². The van der Waals surface area contributed by atoms with E-state index in [0.717, 1.165) is 11.3 Å². The normalized spacial score (nSPS) is 10.3. The molecule has 1 N–H and O–H groups in total. The van der Waals surface area contributed by atoms with Crippen molar-refractivity contribution in [3.8, 4) is 11.5 Å². The summed E-state index contributed by atoms with van der Waals surface area (Å²) in [5.74, 6) is 0.982. The van der Waals surface area contributed by atoms with Gasteiger partial charge < -0.3 is 14.8 Å². The molecule has 2 aromatic heterocycles. The molecule has 3 aromatic rings. The van der Waals surface area contributed by atoms with Crippen molar-refractivity contribution in [1.82, 2.24) is 15.3 Å². The first-order valence-corrected chi connectivity index (χ1v) is 9.23. The summed E-state index contributed by atoms with van der Waals surface area (Å²) in [4.78, 5) is 20.8. The lowest BCUT2D eigenvalue weighted by atomic mass is 10.1. The Morgan fingerprint density at radius 2 is 1.96 bits per heavy atom. The molecule has 1 amide bonds. The van der Waals surface area contributed by atoms with E-state index in [2.05, 4.69) is 15.3 Å². The van der Waals surface area contributed by atoms with Gasteiger partial charge in [-0.15, -0.1) is 0 Å². The van der Waals surface area contributed by atoms with Crippen LogP contribution < -0.4 is 14.8 Å². The van der Waals surface area contributed by atoms with E-state index in [1.165, 1.54) is 0 Å². The molecule has 0 fully saturated rings. The highest BCUT2D eigenvalue weighted by Crippen LogP contribution is 2.29. The Morgan fingerprint density at radius 1 is 1.04 bits per heavy atom. The third-order valence-electron chi connectivity index (χ3n) is 4.02. The summed E-state index contributed by atoms with van der Waals surface area (Å²) in [5.41, 5.74) is 2.43. The Morgan fingerprint density at radius 3 is 2.71 bits per heavy atom. The van der Waals surface area contributed by atoms with Crippen LogP contribution in [0.15, 0.2) is 67.1 Å². The van der Waals surface area contributed by atoms with E-state index in [4.69, 9.17) is 9.47 Å². The van der Waals surface area contributed by atoms with E-state index in [1.54, 1.807) is 36.8 Å². The standard InChI is InChI=1S/C22H23N3O3/c1-2-27-21-14-18(22(26)25-13-10-19-7-3-4-12-24-19)8-9-20(21)28-16-17-6-5-11-23-15-17/h3-9,11-12,14-15H,2,10,13,16H2,1H3,(H,25,26). The second-order valence-electron chi connectivity index (χ2n) is 6.07. The second-order valence-corrected chi connectivity index (χ2v) is 6.07. The van der Waals surface area contributed by atoms with Crippen molar-refractivity contribution in [2.45, 2.75) is 20.0 Å². The summed E-state index contributed by atoms with van der Waals surface area (Å²) in [7, 11) is 0. The maximum Gasteiger partial charge on any atom is 0.251 e. The van der Waals surface area contributed by atoms with Gasteiger partial charge in [0.05, 0.1) is 6.61 Å². The molecule has 0 aliphatic heterocycles. The molecule has 0 saturated heterocycles. The zero-order valence-corrected chi connectivity index (χ0v) is 15.8. The van der Waals surface area contributed by atoms with Gasteiger partial charge in [-0.25, -0.2) is 0 Å². The number of pyridine rings is 2. The van der Waals surface area contributed by atoms with Gasteiger partial charge in [-0.1, -0.05) is 12.1 Å². The molecular weight excluding hydrogens is 354 g/mol. The fourth-order valence-electron chi connectivity index (χ4n) is 2.63. The lowest BCUT2D eigenvalue weighted by molar-refractivity contribution is 0.0953. The fourth-order valence-corrected chi connectivity index (χ4v) is 2.63. The largest absolute Gasteiger partial charge is 0.490 e. The number of nitrogens with one attached hydrogen (secondary N) is 1. The van der Waals surface area contributed by atoms with Crippen molar-refractivity contribution < 1.29 is 14.3 Å². The minimum Gasteiger partial charge on any atom is -0.490 e. The minimum absolute atomic E-state index is 0.157. The van der Waals surface area contributed by atoms with Crippen molar-refractivity contribution in [2.24, 2.45) is 0 Å². The predicted molar refractivity (Wildman–Crippen MR) is 106 cm³/mol. The third-order valence-corrected chi connectivity index (χ3v) is 4.02. The van der Waals surface area contributed by atoms with Crippen LogP contribution in [0.3, 0.4) is 0 Å². The van der Waals surface area contributed by atoms with Crippen LogP contribution in [0.25, 0.3) is 0 Å². The highest BCUT2D eigenvalue weighted by Gasteiger charge is 2.12. The Labute approximate surface area is 164 Å². The fraction of sp³-hybridized carbons (Fsp3) is 0.227. The maximum absolute atomic E-state index is 12.4. The van der Waals surface area contributed by atoms with E-state index >= 15 is 0 Å². The van der Waals surface area contributed by atoms with Crippen LogP contribution in [0.4, 0.5) is 0 Å². The molecule has 6 heteroatoms. The maximum atomic E-state index is 12.4. The molecule has 0 atom stereocenters. The van der Waals surface area contributed by atoms with E-state index in [0.29, 0.717) is 43.2 Å². The van der Waals surface area contributed by atoms with Crippen LogP contribution in [0, 0.1) is 0 Å². The van der Waals surface area contributed by atoms with Gasteiger partial charge in [0, 0.05) is 48.4 Å². The summed E-state index contributed by atoms with van der Waals surface area (Å²) in [6.07, 6.45) is 5.90. The first-order valence-electron chi connectivity index (χ1n) is 9.23. The molecule has 144 valence electrons. The van der Waals surface area contributed by atoms with E-state index in [9.17, 15) is 4.79 Å². The first-order chi connectivity index (χ1) is 13.8. The van der Waals surface area contributed by atoms with Gasteiger partial charge in [0.1, 0.15) is 6.61 Å². The molecular formula is C22H23N3O3. The quantitative estimate of drug-likeness (QED) is 0.618. The van der Waals surface area contributed by atoms with E-state index in [-0.39, 0.29) is 5.91 Å². The first kappa shape index (κ1) is 19.4. The van der Waals surface area contributed by atoms with Crippen LogP contribution in [-0.4, -0.2) is 29.0 Å². The number of carbonyl (C=O) groups is 1. The van der Waals surface area contributed by atoms with Crippen LogP contribution >= 0.6 is 0 Å². The van der Waals surface area contributed by atoms with Crippen molar-refractivity contribution in [3.63, 3.8) is 0 Å². The molecule has 2 heterocycles. The smallest absolute Gasteiger partial charge is 0.251 e. The number of carbonyl (C=O) groups excluding carboxylic acids is 1. The number of ether oxygens (including phenoxy) is 2. The zero-order valence-electron chi connectivity index (χ0n) is 15.8. The number of hydrogen-bond donors (Lipinski definition) is 1. The Balaban J connectivity index is 1.61. The number of aromatic nitrogens is 2. The highest BCUT2D eigenvalue weighted by molar-refractivity contribution is 5.94. The van der Waals surface area contributed by atoms with E-state index < -0.39 is 0 Å². The number of hydrogen-bond acceptors (Lipinski definition) is 5. The Kier molecular flexibility index (Phi) is 6.95. The summed E-state index contributed by atoms with van der Waals surface area (Å²) >= 11 is 0. The molecule has 28 heavy (non-hydrogen) atoms. The minimum atomic E-state index is -0.157. The van der Waals surface area contributed by atoms with Crippen LogP contribution in [0.1, 0.15) is 28.5 Å². The number of amides is 1. The lowest BCUT2D eigenvalue weighted by Gasteiger charge is -2.13. The predicted octanol–water partition coefficient (Wildman–Crippen LogP) is 3.43. The van der Waals surface area contributed by atoms with Crippen molar-refractivity contribution >= 4 is 5.91 Å². The van der Waals surface area contributed by atoms with Gasteiger partial charge >= 0.3 is 0 Å². The third kappa shape index (κ3) is 5.54. The molecule has 0 aliphatic carbocycles. The van der Waals surface area contributed by atoms with Gasteiger partial charge in [0.2, 0.25) is 0 Å². The Hall–Kier alpha value is -3.41. The second kappa shape index (κ2) is 10.1. The molecule has 3 rings (SSSR count). The number of rotatable bonds is 9. The molecule has 6 nitrogen and oxygen atoms in total. The van der Waals surface area contributed by atoms with Gasteiger partial charge in [-0.05, 0) is 43.3 Å². The lowest BCUT2D eigenvalue weighted by Crippen LogP contribution is -2.25. The topological polar surface area (TPSA) is 73.3 Å². The zero-order chi connectivity index (χ0) is 19.6. The summed E-state index contributed by atoms with van der Waals surface area (Å²) in [5, 5.41) is 2.91. The van der Waals surface area contributed by atoms with Crippen molar-refractivity contribution in [1.29, 1.82) is 0 Å². The monoisotopic (exact) mass is 377 g/mol. The van der Waals surface area contributed by atoms with Gasteiger partial charge in [-0.3, -0.25) is 14.8 Å². The molecule has 0 unspecified atom stereocenters. The van der Waals surface area contributed by atoms with E-state index in [1.807, 2.05) is 37.3 Å². The summed E-state index contributed by atoms with van der Waals surface area (Å²) < 4.78 is 11.5. The van der Waals surface area contributed by atoms with Crippen LogP contribution in [-0.2, 0) is 13.0 Å². The van der Waals surface area contributed by atoms with Crippen molar-refractivity contribution in [2.75, 3.05) is 13.2 Å². The van der Waals surface area contributed by atoms with Crippen LogP contribution in [0.2, 0.25) is 0 Å². The molecule has 0 saturated carbocycles. The highest BCUT2D eigenvalue weighted by atomic mass is 16.5. The summed E-state index contributed by atoms with van der Waals surface area (Å²) in [6.45, 7) is 3.26. The Bertz CT molecular complexity index is 886. The number of nitrogens with zero attached hydrogens (tertiary/aromatic N) is 2. The molecule has 0 spiro atoms. The molecule has 0 bridgehead atoms.